The van der Waals surface area contributed by atoms with E-state index in [9.17, 15) is 0 Å². The number of rotatable bonds is 5. The average Bonchev–Trinajstić information content (AvgIpc) is 2.48. The van der Waals surface area contributed by atoms with Gasteiger partial charge in [0.2, 0.25) is 0 Å². The van der Waals surface area contributed by atoms with Crippen molar-refractivity contribution in [3.8, 4) is 17.6 Å². The molecule has 2 aromatic carbocycles. The van der Waals surface area contributed by atoms with Gasteiger partial charge in [-0.25, -0.2) is 0 Å². The van der Waals surface area contributed by atoms with Gasteiger partial charge in [-0.1, -0.05) is 35.9 Å². The maximum atomic E-state index is 8.98. The average molecular weight is 302 g/mol. The smallest absolute Gasteiger partial charge is 0.180 e. The van der Waals surface area contributed by atoms with Crippen molar-refractivity contribution in [2.75, 3.05) is 6.61 Å². The van der Waals surface area contributed by atoms with Crippen molar-refractivity contribution in [3.05, 3.63) is 58.1 Å². The third kappa shape index (κ3) is 3.68. The van der Waals surface area contributed by atoms with Crippen molar-refractivity contribution in [2.24, 2.45) is 0 Å². The summed E-state index contributed by atoms with van der Waals surface area (Å²) in [7, 11) is 0. The molecule has 0 amide bonds. The van der Waals surface area contributed by atoms with Gasteiger partial charge in [0.1, 0.15) is 6.61 Å². The fraction of sp³-hybridized carbons (Fsp3) is 0.235. The van der Waals surface area contributed by atoms with Gasteiger partial charge in [0, 0.05) is 6.07 Å². The minimum absolute atomic E-state index is 0.381. The molecule has 0 spiro atoms. The van der Waals surface area contributed by atoms with Crippen LogP contribution < -0.4 is 9.47 Å². The first-order valence-electron chi connectivity index (χ1n) is 6.69. The van der Waals surface area contributed by atoms with E-state index in [0.717, 1.165) is 11.1 Å². The molecule has 0 aliphatic rings. The lowest BCUT2D eigenvalue weighted by atomic mass is 10.1. The molecule has 21 heavy (non-hydrogen) atoms. The molecule has 0 aliphatic heterocycles. The zero-order chi connectivity index (χ0) is 15.2. The lowest BCUT2D eigenvalue weighted by Gasteiger charge is -2.14. The van der Waals surface area contributed by atoms with Crippen molar-refractivity contribution in [1.82, 2.24) is 0 Å². The second kappa shape index (κ2) is 7.01. The molecule has 0 fully saturated rings. The van der Waals surface area contributed by atoms with Crippen LogP contribution in [0.25, 0.3) is 0 Å². The summed E-state index contributed by atoms with van der Waals surface area (Å²) in [5.41, 5.74) is 2.69. The Hall–Kier alpha value is -2.18. The van der Waals surface area contributed by atoms with E-state index in [1.54, 1.807) is 12.1 Å². The number of aryl methyl sites for hydroxylation is 1. The Kier molecular flexibility index (Phi) is 5.08. The maximum absolute atomic E-state index is 8.98. The lowest BCUT2D eigenvalue weighted by molar-refractivity contribution is 0.269. The van der Waals surface area contributed by atoms with Crippen molar-refractivity contribution in [3.63, 3.8) is 0 Å². The Balaban J connectivity index is 2.27. The summed E-state index contributed by atoms with van der Waals surface area (Å²) >= 11 is 6.20. The number of hydrogen-bond donors (Lipinski definition) is 0. The van der Waals surface area contributed by atoms with E-state index in [1.165, 1.54) is 0 Å². The van der Waals surface area contributed by atoms with Crippen LogP contribution in [0, 0.1) is 18.3 Å². The highest BCUT2D eigenvalue weighted by molar-refractivity contribution is 6.32. The topological polar surface area (TPSA) is 42.2 Å². The van der Waals surface area contributed by atoms with E-state index in [2.05, 4.69) is 6.07 Å². The SMILES string of the molecule is CCOc1cc(C#N)cc(Cl)c1OCc1ccccc1C. The van der Waals surface area contributed by atoms with E-state index in [0.29, 0.717) is 35.3 Å². The van der Waals surface area contributed by atoms with Gasteiger partial charge in [0.15, 0.2) is 11.5 Å². The molecule has 2 rings (SSSR count). The molecule has 4 heteroatoms. The second-order valence-corrected chi connectivity index (χ2v) is 4.95. The zero-order valence-corrected chi connectivity index (χ0v) is 12.8. The third-order valence-corrected chi connectivity index (χ3v) is 3.35. The number of benzene rings is 2. The molecule has 3 nitrogen and oxygen atoms in total. The Labute approximate surface area is 129 Å². The van der Waals surface area contributed by atoms with Crippen LogP contribution in [0.2, 0.25) is 5.02 Å². The van der Waals surface area contributed by atoms with Gasteiger partial charge < -0.3 is 9.47 Å². The predicted octanol–water partition coefficient (Wildman–Crippen LogP) is 4.50. The highest BCUT2D eigenvalue weighted by atomic mass is 35.5. The highest BCUT2D eigenvalue weighted by Crippen LogP contribution is 2.37. The maximum Gasteiger partial charge on any atom is 0.180 e. The molecule has 0 radical (unpaired) electrons. The Morgan fingerprint density at radius 2 is 1.95 bits per heavy atom. The first kappa shape index (κ1) is 15.2. The summed E-state index contributed by atoms with van der Waals surface area (Å²) in [6.07, 6.45) is 0. The quantitative estimate of drug-likeness (QED) is 0.816. The minimum Gasteiger partial charge on any atom is -0.490 e. The normalized spacial score (nSPS) is 10.0. The van der Waals surface area contributed by atoms with Crippen LogP contribution in [0.3, 0.4) is 0 Å². The summed E-state index contributed by atoms with van der Waals surface area (Å²) in [4.78, 5) is 0. The molecule has 0 atom stereocenters. The molecule has 0 saturated carbocycles. The van der Waals surface area contributed by atoms with Gasteiger partial charge in [-0.05, 0) is 31.0 Å². The van der Waals surface area contributed by atoms with Gasteiger partial charge in [0.25, 0.3) is 0 Å². The fourth-order valence-electron chi connectivity index (χ4n) is 1.96. The number of hydrogen-bond acceptors (Lipinski definition) is 3. The van der Waals surface area contributed by atoms with Crippen LogP contribution >= 0.6 is 11.6 Å². The van der Waals surface area contributed by atoms with Gasteiger partial charge >= 0.3 is 0 Å². The predicted molar refractivity (Wildman–Crippen MR) is 82.8 cm³/mol. The van der Waals surface area contributed by atoms with Crippen LogP contribution in [-0.4, -0.2) is 6.61 Å². The number of nitrogens with zero attached hydrogens (tertiary/aromatic N) is 1. The number of halogens is 1. The molecule has 0 N–H and O–H groups in total. The van der Waals surface area contributed by atoms with Crippen LogP contribution in [0.5, 0.6) is 11.5 Å². The molecule has 0 bridgehead atoms. The van der Waals surface area contributed by atoms with E-state index in [-0.39, 0.29) is 0 Å². The number of ether oxygens (including phenoxy) is 2. The lowest BCUT2D eigenvalue weighted by Crippen LogP contribution is -2.02. The molecule has 0 heterocycles. The highest BCUT2D eigenvalue weighted by Gasteiger charge is 2.13. The summed E-state index contributed by atoms with van der Waals surface area (Å²) in [6.45, 7) is 4.78. The Morgan fingerprint density at radius 3 is 2.62 bits per heavy atom. The zero-order valence-electron chi connectivity index (χ0n) is 12.0. The largest absolute Gasteiger partial charge is 0.490 e. The van der Waals surface area contributed by atoms with E-state index < -0.39 is 0 Å². The van der Waals surface area contributed by atoms with Gasteiger partial charge in [-0.2, -0.15) is 5.26 Å². The van der Waals surface area contributed by atoms with Crippen molar-refractivity contribution >= 4 is 11.6 Å². The summed E-state index contributed by atoms with van der Waals surface area (Å²) in [5, 5.41) is 9.37. The van der Waals surface area contributed by atoms with Crippen molar-refractivity contribution in [2.45, 2.75) is 20.5 Å². The van der Waals surface area contributed by atoms with Crippen LogP contribution in [-0.2, 0) is 6.61 Å². The monoisotopic (exact) mass is 301 g/mol. The molecule has 108 valence electrons. The van der Waals surface area contributed by atoms with Crippen LogP contribution in [0.15, 0.2) is 36.4 Å². The Morgan fingerprint density at radius 1 is 1.19 bits per heavy atom. The number of nitriles is 1. The fourth-order valence-corrected chi connectivity index (χ4v) is 2.22. The van der Waals surface area contributed by atoms with Crippen molar-refractivity contribution in [1.29, 1.82) is 5.26 Å². The first-order chi connectivity index (χ1) is 10.2. The van der Waals surface area contributed by atoms with Gasteiger partial charge in [-0.3, -0.25) is 0 Å². The Bertz CT molecular complexity index is 677. The summed E-state index contributed by atoms with van der Waals surface area (Å²) in [6, 6.07) is 13.3. The molecular formula is C17H16ClNO2. The molecule has 0 aliphatic carbocycles. The first-order valence-corrected chi connectivity index (χ1v) is 7.07. The minimum atomic E-state index is 0.381. The van der Waals surface area contributed by atoms with Crippen LogP contribution in [0.4, 0.5) is 0 Å². The summed E-state index contributed by atoms with van der Waals surface area (Å²) in [5.74, 6) is 0.968. The third-order valence-electron chi connectivity index (χ3n) is 3.07. The van der Waals surface area contributed by atoms with E-state index >= 15 is 0 Å². The molecule has 0 aromatic heterocycles. The van der Waals surface area contributed by atoms with Gasteiger partial charge in [0.05, 0.1) is 23.3 Å². The molecular weight excluding hydrogens is 286 g/mol. The van der Waals surface area contributed by atoms with Crippen LogP contribution in [0.1, 0.15) is 23.6 Å². The standard InChI is InChI=1S/C17H16ClNO2/c1-3-20-16-9-13(10-19)8-15(18)17(16)21-11-14-7-5-4-6-12(14)2/h4-9H,3,11H2,1-2H3. The molecule has 2 aromatic rings. The molecule has 0 unspecified atom stereocenters. The molecule has 0 saturated heterocycles. The van der Waals surface area contributed by atoms with E-state index in [4.69, 9.17) is 26.3 Å². The van der Waals surface area contributed by atoms with Gasteiger partial charge in [-0.15, -0.1) is 0 Å². The van der Waals surface area contributed by atoms with Crippen molar-refractivity contribution < 1.29 is 9.47 Å². The second-order valence-electron chi connectivity index (χ2n) is 4.55. The summed E-state index contributed by atoms with van der Waals surface area (Å²) < 4.78 is 11.3. The van der Waals surface area contributed by atoms with E-state index in [1.807, 2.05) is 38.1 Å².